The van der Waals surface area contributed by atoms with E-state index in [2.05, 4.69) is 13.8 Å². The molecule has 0 saturated carbocycles. The number of rotatable bonds is 6. The van der Waals surface area contributed by atoms with Gasteiger partial charge in [0.15, 0.2) is 5.78 Å². The Bertz CT molecular complexity index is 1160. The number of carbonyl (C=O) groups is 2. The summed E-state index contributed by atoms with van der Waals surface area (Å²) < 4.78 is 5.63. The van der Waals surface area contributed by atoms with Crippen molar-refractivity contribution in [3.8, 4) is 5.75 Å². The quantitative estimate of drug-likeness (QED) is 0.620. The fourth-order valence-corrected chi connectivity index (χ4v) is 4.65. The summed E-state index contributed by atoms with van der Waals surface area (Å²) in [7, 11) is 3.43. The Morgan fingerprint density at radius 3 is 2.45 bits per heavy atom. The van der Waals surface area contributed by atoms with Crippen LogP contribution in [0, 0.1) is 0 Å². The first-order valence-corrected chi connectivity index (χ1v) is 10.9. The molecule has 2 aromatic rings. The Balaban J connectivity index is 1.66. The van der Waals surface area contributed by atoms with Gasteiger partial charge in [0.1, 0.15) is 24.6 Å². The molecular formula is C26H29NO6. The average Bonchev–Trinajstić information content (AvgIpc) is 3.20. The average molecular weight is 452 g/mol. The molecule has 1 amide bonds. The summed E-state index contributed by atoms with van der Waals surface area (Å²) in [5, 5.41) is 28.4. The van der Waals surface area contributed by atoms with Crippen molar-refractivity contribution in [3.63, 3.8) is 0 Å². The summed E-state index contributed by atoms with van der Waals surface area (Å²) in [5.41, 5.74) is 5.15. The molecular weight excluding hydrogens is 422 g/mol. The van der Waals surface area contributed by atoms with Crippen LogP contribution in [0.25, 0.3) is 5.57 Å². The van der Waals surface area contributed by atoms with Crippen LogP contribution >= 0.6 is 0 Å². The van der Waals surface area contributed by atoms with Crippen molar-refractivity contribution < 1.29 is 29.6 Å². The number of carbonyl (C=O) groups excluding carboxylic acids is 2. The smallest absolute Gasteiger partial charge is 0.253 e. The Morgan fingerprint density at radius 2 is 1.79 bits per heavy atom. The summed E-state index contributed by atoms with van der Waals surface area (Å²) in [6.07, 6.45) is -1.92. The monoisotopic (exact) mass is 451 g/mol. The van der Waals surface area contributed by atoms with E-state index in [1.165, 1.54) is 4.90 Å². The fraction of sp³-hybridized carbons (Fsp3) is 0.385. The van der Waals surface area contributed by atoms with E-state index in [-0.39, 0.29) is 18.3 Å². The maximum Gasteiger partial charge on any atom is 0.253 e. The molecule has 4 rings (SSSR count). The number of ketones is 1. The molecule has 2 aromatic carbocycles. The zero-order chi connectivity index (χ0) is 24.1. The zero-order valence-electron chi connectivity index (χ0n) is 19.3. The predicted molar refractivity (Wildman–Crippen MR) is 123 cm³/mol. The van der Waals surface area contributed by atoms with Crippen LogP contribution in [0.1, 0.15) is 51.3 Å². The third-order valence-corrected chi connectivity index (χ3v) is 6.64. The second-order valence-electron chi connectivity index (χ2n) is 9.39. The minimum Gasteiger partial charge on any atom is -0.491 e. The van der Waals surface area contributed by atoms with Gasteiger partial charge in [-0.3, -0.25) is 9.59 Å². The molecule has 0 saturated heterocycles. The van der Waals surface area contributed by atoms with Crippen LogP contribution in [-0.4, -0.2) is 71.4 Å². The van der Waals surface area contributed by atoms with Crippen molar-refractivity contribution in [2.45, 2.75) is 37.9 Å². The highest BCUT2D eigenvalue weighted by atomic mass is 16.5. The zero-order valence-corrected chi connectivity index (χ0v) is 19.3. The molecule has 7 heteroatoms. The van der Waals surface area contributed by atoms with Gasteiger partial charge in [-0.05, 0) is 59.0 Å². The van der Waals surface area contributed by atoms with Crippen molar-refractivity contribution in [2.24, 2.45) is 0 Å². The minimum atomic E-state index is -1.28. The molecule has 0 radical (unpaired) electrons. The normalized spacial score (nSPS) is 17.7. The molecule has 0 fully saturated rings. The molecule has 0 aliphatic heterocycles. The topological polar surface area (TPSA) is 107 Å². The van der Waals surface area contributed by atoms with Gasteiger partial charge in [0.25, 0.3) is 5.91 Å². The Hall–Kier alpha value is -3.00. The highest BCUT2D eigenvalue weighted by molar-refractivity contribution is 6.33. The van der Waals surface area contributed by atoms with Gasteiger partial charge in [0.05, 0.1) is 6.61 Å². The highest BCUT2D eigenvalue weighted by Gasteiger charge is 2.43. The van der Waals surface area contributed by atoms with Crippen LogP contribution in [0.15, 0.2) is 42.0 Å². The van der Waals surface area contributed by atoms with Crippen molar-refractivity contribution in [2.75, 3.05) is 27.3 Å². The van der Waals surface area contributed by atoms with E-state index in [0.29, 0.717) is 28.9 Å². The molecule has 0 aromatic heterocycles. The van der Waals surface area contributed by atoms with E-state index in [1.807, 2.05) is 12.1 Å². The number of benzene rings is 2. The third-order valence-electron chi connectivity index (χ3n) is 6.64. The molecule has 2 aliphatic rings. The van der Waals surface area contributed by atoms with Crippen molar-refractivity contribution >= 4 is 17.3 Å². The van der Waals surface area contributed by atoms with Gasteiger partial charge >= 0.3 is 0 Å². The fourth-order valence-electron chi connectivity index (χ4n) is 4.65. The lowest BCUT2D eigenvalue weighted by molar-refractivity contribution is -0.0339. The minimum absolute atomic E-state index is 0.0490. The van der Waals surface area contributed by atoms with Crippen LogP contribution in [0.4, 0.5) is 0 Å². The number of ether oxygens (including phenoxy) is 1. The van der Waals surface area contributed by atoms with Gasteiger partial charge in [0, 0.05) is 36.2 Å². The predicted octanol–water partition coefficient (Wildman–Crippen LogP) is 1.97. The summed E-state index contributed by atoms with van der Waals surface area (Å²) in [5.74, 6) is 0.344. The SMILES string of the molecule is CN(C)C(=O)c1ccc2c(c1)CC1=C2C(=O)c2ccc(OC[C@@H](O)[C@H](O)CO)cc2C1(C)C. The molecule has 7 nitrogen and oxygen atoms in total. The number of amides is 1. The Morgan fingerprint density at radius 1 is 1.09 bits per heavy atom. The lowest BCUT2D eigenvalue weighted by Crippen LogP contribution is -2.34. The molecule has 0 heterocycles. The number of nitrogens with zero attached hydrogens (tertiary/aromatic N) is 1. The molecule has 0 spiro atoms. The number of allylic oxidation sites excluding steroid dienone is 2. The summed E-state index contributed by atoms with van der Waals surface area (Å²) in [6.45, 7) is 3.39. The second kappa shape index (κ2) is 8.41. The summed E-state index contributed by atoms with van der Waals surface area (Å²) in [6, 6.07) is 10.7. The summed E-state index contributed by atoms with van der Waals surface area (Å²) in [4.78, 5) is 27.5. The van der Waals surface area contributed by atoms with Gasteiger partial charge in [-0.2, -0.15) is 0 Å². The number of aliphatic hydroxyl groups is 3. The molecule has 0 unspecified atom stereocenters. The third kappa shape index (κ3) is 3.86. The second-order valence-corrected chi connectivity index (χ2v) is 9.39. The first-order valence-electron chi connectivity index (χ1n) is 10.9. The lowest BCUT2D eigenvalue weighted by atomic mass is 9.68. The van der Waals surface area contributed by atoms with Crippen LogP contribution in [0.5, 0.6) is 5.75 Å². The van der Waals surface area contributed by atoms with Crippen LogP contribution < -0.4 is 4.74 Å². The molecule has 3 N–H and O–H groups in total. The standard InChI is InChI=1S/C26H29NO6/c1-26(2)19-11-16(33-13-22(30)21(29)12-28)6-8-18(19)24(31)23-17-7-5-14(25(32)27(3)4)9-15(17)10-20(23)26/h5-9,11,21-22,28-30H,10,12-13H2,1-4H3/t21-,22-/m1/s1. The molecule has 33 heavy (non-hydrogen) atoms. The van der Waals surface area contributed by atoms with Crippen LogP contribution in [0.3, 0.4) is 0 Å². The first-order chi connectivity index (χ1) is 15.6. The Kier molecular flexibility index (Phi) is 5.90. The van der Waals surface area contributed by atoms with Crippen molar-refractivity contribution in [1.29, 1.82) is 0 Å². The maximum atomic E-state index is 13.5. The highest BCUT2D eigenvalue weighted by Crippen LogP contribution is 2.50. The number of Topliss-reactive ketones (excluding diaryl/α,β-unsaturated/α-hetero) is 1. The van der Waals surface area contributed by atoms with Gasteiger partial charge in [-0.15, -0.1) is 0 Å². The van der Waals surface area contributed by atoms with Gasteiger partial charge in [0.2, 0.25) is 0 Å². The van der Waals surface area contributed by atoms with E-state index >= 15 is 0 Å². The van der Waals surface area contributed by atoms with Crippen molar-refractivity contribution in [3.05, 3.63) is 69.8 Å². The maximum absolute atomic E-state index is 13.5. The van der Waals surface area contributed by atoms with E-state index < -0.39 is 24.2 Å². The van der Waals surface area contributed by atoms with Gasteiger partial charge in [-0.1, -0.05) is 19.9 Å². The van der Waals surface area contributed by atoms with Gasteiger partial charge in [-0.25, -0.2) is 0 Å². The van der Waals surface area contributed by atoms with Crippen LogP contribution in [0.2, 0.25) is 0 Å². The van der Waals surface area contributed by atoms with E-state index in [4.69, 9.17) is 9.84 Å². The largest absolute Gasteiger partial charge is 0.491 e. The van der Waals surface area contributed by atoms with Crippen LogP contribution in [-0.2, 0) is 11.8 Å². The summed E-state index contributed by atoms with van der Waals surface area (Å²) >= 11 is 0. The number of aliphatic hydroxyl groups excluding tert-OH is 3. The number of hydrogen-bond acceptors (Lipinski definition) is 6. The van der Waals surface area contributed by atoms with E-state index in [0.717, 1.165) is 22.3 Å². The lowest BCUT2D eigenvalue weighted by Gasteiger charge is -2.34. The number of hydrogen-bond donors (Lipinski definition) is 3. The number of fused-ring (bicyclic) bond motifs is 3. The first kappa shape index (κ1) is 23.2. The van der Waals surface area contributed by atoms with E-state index in [9.17, 15) is 19.8 Å². The van der Waals surface area contributed by atoms with Crippen molar-refractivity contribution in [1.82, 2.24) is 4.90 Å². The van der Waals surface area contributed by atoms with E-state index in [1.54, 1.807) is 38.4 Å². The molecule has 0 bridgehead atoms. The molecule has 174 valence electrons. The molecule has 2 atom stereocenters. The Labute approximate surface area is 192 Å². The van der Waals surface area contributed by atoms with Gasteiger partial charge < -0.3 is 25.0 Å². The molecule has 2 aliphatic carbocycles.